The number of ether oxygens (including phenoxy) is 1. The van der Waals surface area contributed by atoms with Gasteiger partial charge in [0.1, 0.15) is 6.54 Å². The van der Waals surface area contributed by atoms with Crippen LogP contribution in [0.15, 0.2) is 77.3 Å². The maximum Gasteiger partial charge on any atom is 0.325 e. The van der Waals surface area contributed by atoms with Gasteiger partial charge in [-0.15, -0.1) is 0 Å². The molecule has 0 aliphatic heterocycles. The van der Waals surface area contributed by atoms with Gasteiger partial charge in [-0.1, -0.05) is 70.0 Å². The van der Waals surface area contributed by atoms with E-state index in [9.17, 15) is 14.4 Å². The van der Waals surface area contributed by atoms with Crippen LogP contribution < -0.4 is 5.32 Å². The Morgan fingerprint density at radius 1 is 1.03 bits per heavy atom. The summed E-state index contributed by atoms with van der Waals surface area (Å²) in [4.78, 5) is 39.2. The van der Waals surface area contributed by atoms with Crippen molar-refractivity contribution in [2.75, 3.05) is 19.0 Å². The first-order chi connectivity index (χ1) is 15.8. The molecule has 3 aromatic carbocycles. The van der Waals surface area contributed by atoms with Crippen molar-refractivity contribution in [3.8, 4) is 0 Å². The topological polar surface area (TPSA) is 75.7 Å². The van der Waals surface area contributed by atoms with Gasteiger partial charge in [0.05, 0.1) is 23.7 Å². The second-order valence-electron chi connectivity index (χ2n) is 7.20. The van der Waals surface area contributed by atoms with Crippen LogP contribution in [0.3, 0.4) is 0 Å². The number of halogens is 2. The van der Waals surface area contributed by atoms with Crippen LogP contribution in [-0.4, -0.2) is 36.3 Å². The van der Waals surface area contributed by atoms with Gasteiger partial charge in [0.2, 0.25) is 5.91 Å². The molecule has 0 aliphatic carbocycles. The average Bonchev–Trinajstić information content (AvgIpc) is 2.81. The third-order valence-corrected chi connectivity index (χ3v) is 5.86. The maximum absolute atomic E-state index is 13.0. The van der Waals surface area contributed by atoms with Crippen LogP contribution in [0.2, 0.25) is 5.02 Å². The molecule has 3 aromatic rings. The largest absolute Gasteiger partial charge is 0.468 e. The molecule has 8 heteroatoms. The van der Waals surface area contributed by atoms with Crippen molar-refractivity contribution in [3.05, 3.63) is 99.0 Å². The van der Waals surface area contributed by atoms with Crippen LogP contribution in [0.1, 0.15) is 34.5 Å². The predicted molar refractivity (Wildman–Crippen MR) is 131 cm³/mol. The van der Waals surface area contributed by atoms with Gasteiger partial charge < -0.3 is 15.0 Å². The maximum atomic E-state index is 13.0. The van der Waals surface area contributed by atoms with E-state index in [1.54, 1.807) is 36.4 Å². The summed E-state index contributed by atoms with van der Waals surface area (Å²) in [6, 6.07) is 20.7. The number of carbonyl (C=O) groups is 3. The molecular formula is C25H22BrClN2O4. The van der Waals surface area contributed by atoms with E-state index in [0.29, 0.717) is 21.8 Å². The first-order valence-corrected chi connectivity index (χ1v) is 11.2. The molecule has 0 radical (unpaired) electrons. The number of carbonyl (C=O) groups excluding carboxylic acids is 3. The van der Waals surface area contributed by atoms with Crippen LogP contribution in [0, 0.1) is 0 Å². The zero-order chi connectivity index (χ0) is 24.0. The summed E-state index contributed by atoms with van der Waals surface area (Å²) in [7, 11) is 1.27. The fourth-order valence-electron chi connectivity index (χ4n) is 3.46. The minimum Gasteiger partial charge on any atom is -0.468 e. The van der Waals surface area contributed by atoms with Gasteiger partial charge in [-0.05, 0) is 35.9 Å². The van der Waals surface area contributed by atoms with Crippen LogP contribution in [0.4, 0.5) is 5.69 Å². The lowest BCUT2D eigenvalue weighted by molar-refractivity contribution is -0.147. The normalized spacial score (nSPS) is 11.4. The van der Waals surface area contributed by atoms with Crippen molar-refractivity contribution in [3.63, 3.8) is 0 Å². The molecule has 3 rings (SSSR count). The van der Waals surface area contributed by atoms with Gasteiger partial charge in [0.25, 0.3) is 5.91 Å². The van der Waals surface area contributed by atoms with Crippen molar-refractivity contribution < 1.29 is 19.1 Å². The van der Waals surface area contributed by atoms with E-state index in [4.69, 9.17) is 16.3 Å². The Labute approximate surface area is 205 Å². The summed E-state index contributed by atoms with van der Waals surface area (Å²) in [6.07, 6.45) is 0. The average molecular weight is 530 g/mol. The molecule has 0 aliphatic rings. The van der Waals surface area contributed by atoms with E-state index in [0.717, 1.165) is 10.0 Å². The molecule has 0 saturated heterocycles. The van der Waals surface area contributed by atoms with Gasteiger partial charge in [0, 0.05) is 22.6 Å². The van der Waals surface area contributed by atoms with Gasteiger partial charge in [0.15, 0.2) is 0 Å². The number of benzene rings is 3. The summed E-state index contributed by atoms with van der Waals surface area (Å²) in [5.74, 6) is -1.27. The number of anilines is 1. The van der Waals surface area contributed by atoms with E-state index in [1.807, 2.05) is 36.4 Å². The highest BCUT2D eigenvalue weighted by molar-refractivity contribution is 9.10. The molecule has 6 nitrogen and oxygen atoms in total. The number of esters is 1. The molecule has 0 fully saturated rings. The Bertz CT molecular complexity index is 1170. The SMILES string of the molecule is COC(=O)CN(C(C)=O)C(c1ccccc1)c1cc(Br)ccc1NC(=O)c1ccccc1Cl. The molecule has 1 unspecified atom stereocenters. The van der Waals surface area contributed by atoms with Gasteiger partial charge in [-0.3, -0.25) is 14.4 Å². The fourth-order valence-corrected chi connectivity index (χ4v) is 4.06. The fraction of sp³-hybridized carbons (Fsp3) is 0.160. The summed E-state index contributed by atoms with van der Waals surface area (Å²) in [5.41, 5.74) is 2.19. The Morgan fingerprint density at radius 2 is 1.70 bits per heavy atom. The molecule has 2 amide bonds. The first-order valence-electron chi connectivity index (χ1n) is 10.1. The molecule has 0 bridgehead atoms. The Morgan fingerprint density at radius 3 is 2.33 bits per heavy atom. The van der Waals surface area contributed by atoms with E-state index < -0.39 is 17.9 Å². The van der Waals surface area contributed by atoms with E-state index >= 15 is 0 Å². The van der Waals surface area contributed by atoms with Crippen molar-refractivity contribution in [2.24, 2.45) is 0 Å². The molecule has 170 valence electrons. The van der Waals surface area contributed by atoms with Crippen molar-refractivity contribution in [1.82, 2.24) is 4.90 Å². The molecule has 1 atom stereocenters. The molecule has 1 N–H and O–H groups in total. The lowest BCUT2D eigenvalue weighted by Gasteiger charge is -2.32. The quantitative estimate of drug-likeness (QED) is 0.412. The number of methoxy groups -OCH3 is 1. The summed E-state index contributed by atoms with van der Waals surface area (Å²) < 4.78 is 5.56. The first kappa shape index (κ1) is 24.5. The lowest BCUT2D eigenvalue weighted by Crippen LogP contribution is -2.38. The summed E-state index contributed by atoms with van der Waals surface area (Å²) in [5, 5.41) is 3.23. The number of hydrogen-bond acceptors (Lipinski definition) is 4. The number of hydrogen-bond donors (Lipinski definition) is 1. The number of amides is 2. The van der Waals surface area contributed by atoms with Crippen LogP contribution >= 0.6 is 27.5 Å². The monoisotopic (exact) mass is 528 g/mol. The standard InChI is InChI=1S/C25H22BrClN2O4/c1-16(30)29(15-23(31)33-2)24(17-8-4-3-5-9-17)20-14-18(26)12-13-22(20)28-25(32)19-10-6-7-11-21(19)27/h3-14,24H,15H2,1-2H3,(H,28,32). The minimum absolute atomic E-state index is 0.254. The van der Waals surface area contributed by atoms with Gasteiger partial charge in [-0.2, -0.15) is 0 Å². The highest BCUT2D eigenvalue weighted by Gasteiger charge is 2.29. The molecule has 0 heterocycles. The second-order valence-corrected chi connectivity index (χ2v) is 8.52. The summed E-state index contributed by atoms with van der Waals surface area (Å²) >= 11 is 9.68. The molecule has 0 saturated carbocycles. The van der Waals surface area contributed by atoms with Crippen LogP contribution in [0.5, 0.6) is 0 Å². The second kappa shape index (κ2) is 11.1. The van der Waals surface area contributed by atoms with Crippen LogP contribution in [-0.2, 0) is 14.3 Å². The van der Waals surface area contributed by atoms with Crippen molar-refractivity contribution in [2.45, 2.75) is 13.0 Å². The van der Waals surface area contributed by atoms with E-state index in [-0.39, 0.29) is 12.5 Å². The van der Waals surface area contributed by atoms with E-state index in [1.165, 1.54) is 18.9 Å². The smallest absolute Gasteiger partial charge is 0.325 e. The predicted octanol–water partition coefficient (Wildman–Crippen LogP) is 5.47. The minimum atomic E-state index is -0.665. The zero-order valence-electron chi connectivity index (χ0n) is 18.0. The molecule has 0 spiro atoms. The highest BCUT2D eigenvalue weighted by Crippen LogP contribution is 2.36. The Kier molecular flexibility index (Phi) is 8.25. The number of nitrogens with one attached hydrogen (secondary N) is 1. The molecular weight excluding hydrogens is 508 g/mol. The highest BCUT2D eigenvalue weighted by atomic mass is 79.9. The molecule has 33 heavy (non-hydrogen) atoms. The third-order valence-electron chi connectivity index (χ3n) is 5.03. The number of rotatable bonds is 7. The van der Waals surface area contributed by atoms with Gasteiger partial charge in [-0.25, -0.2) is 0 Å². The van der Waals surface area contributed by atoms with Crippen molar-refractivity contribution in [1.29, 1.82) is 0 Å². The number of nitrogens with zero attached hydrogens (tertiary/aromatic N) is 1. The summed E-state index contributed by atoms with van der Waals surface area (Å²) in [6.45, 7) is 1.13. The zero-order valence-corrected chi connectivity index (χ0v) is 20.4. The van der Waals surface area contributed by atoms with Crippen LogP contribution in [0.25, 0.3) is 0 Å². The molecule has 0 aromatic heterocycles. The lowest BCUT2D eigenvalue weighted by atomic mass is 9.95. The van der Waals surface area contributed by atoms with Crippen molar-refractivity contribution >= 4 is 51.0 Å². The Balaban J connectivity index is 2.13. The Hall–Kier alpha value is -3.16. The van der Waals surface area contributed by atoms with E-state index in [2.05, 4.69) is 21.2 Å². The van der Waals surface area contributed by atoms with Gasteiger partial charge >= 0.3 is 5.97 Å². The third kappa shape index (κ3) is 6.00.